The summed E-state index contributed by atoms with van der Waals surface area (Å²) < 4.78 is 4.86. The van der Waals surface area contributed by atoms with Crippen LogP contribution in [0.3, 0.4) is 0 Å². The first kappa shape index (κ1) is 25.5. The molecule has 3 rings (SSSR count). The van der Waals surface area contributed by atoms with E-state index >= 15 is 0 Å². The van der Waals surface area contributed by atoms with Gasteiger partial charge in [-0.05, 0) is 55.0 Å². The van der Waals surface area contributed by atoms with Crippen LogP contribution in [0.15, 0.2) is 102 Å². The number of benzene rings is 2. The minimum Gasteiger partial charge on any atom is -0.463 e. The fourth-order valence-corrected chi connectivity index (χ4v) is 3.68. The van der Waals surface area contributed by atoms with Crippen molar-refractivity contribution in [1.29, 1.82) is 0 Å². The molecule has 0 unspecified atom stereocenters. The molecule has 178 valence electrons. The summed E-state index contributed by atoms with van der Waals surface area (Å²) in [7, 11) is 0. The van der Waals surface area contributed by atoms with Crippen molar-refractivity contribution in [1.82, 2.24) is 10.3 Å². The molecule has 0 spiro atoms. The molecule has 0 fully saturated rings. The SMILES string of the molecule is CCOC(=O)/C=C/CSc1cccc(NC(=O)/C(=C\c2cccnc2)NC(=O)c2ccccc2)c1. The van der Waals surface area contributed by atoms with E-state index in [1.807, 2.05) is 24.3 Å². The Hall–Kier alpha value is -4.17. The maximum atomic E-state index is 13.1. The minimum atomic E-state index is -0.470. The van der Waals surface area contributed by atoms with Crippen molar-refractivity contribution < 1.29 is 19.1 Å². The van der Waals surface area contributed by atoms with Crippen molar-refractivity contribution in [2.75, 3.05) is 17.7 Å². The normalized spacial score (nSPS) is 11.2. The molecule has 7 nitrogen and oxygen atoms in total. The molecule has 0 aliphatic heterocycles. The molecule has 0 saturated heterocycles. The van der Waals surface area contributed by atoms with E-state index in [4.69, 9.17) is 4.74 Å². The largest absolute Gasteiger partial charge is 0.463 e. The standard InChI is InChI=1S/C27H25N3O4S/c1-2-34-25(31)14-8-16-35-23-13-6-12-22(18-23)29-27(33)24(17-20-9-7-15-28-19-20)30-26(32)21-10-4-3-5-11-21/h3-15,17-19H,2,16H2,1H3,(H,29,33)(H,30,32)/b14-8+,24-17+. The van der Waals surface area contributed by atoms with Gasteiger partial charge in [0.15, 0.2) is 0 Å². The van der Waals surface area contributed by atoms with Crippen LogP contribution >= 0.6 is 11.8 Å². The van der Waals surface area contributed by atoms with Crippen LogP contribution in [0.1, 0.15) is 22.8 Å². The van der Waals surface area contributed by atoms with Gasteiger partial charge < -0.3 is 15.4 Å². The smallest absolute Gasteiger partial charge is 0.330 e. The predicted molar refractivity (Wildman–Crippen MR) is 138 cm³/mol. The van der Waals surface area contributed by atoms with E-state index in [0.717, 1.165) is 4.90 Å². The third-order valence-corrected chi connectivity index (χ3v) is 5.45. The second kappa shape index (κ2) is 13.5. The van der Waals surface area contributed by atoms with Gasteiger partial charge in [-0.25, -0.2) is 4.79 Å². The number of hydrogen-bond donors (Lipinski definition) is 2. The Labute approximate surface area is 208 Å². The first-order chi connectivity index (χ1) is 17.0. The molecule has 1 heterocycles. The number of nitrogens with one attached hydrogen (secondary N) is 2. The highest BCUT2D eigenvalue weighted by Gasteiger charge is 2.15. The molecule has 0 aliphatic rings. The van der Waals surface area contributed by atoms with E-state index in [0.29, 0.717) is 29.2 Å². The van der Waals surface area contributed by atoms with Crippen molar-refractivity contribution >= 4 is 41.3 Å². The van der Waals surface area contributed by atoms with Gasteiger partial charge in [0.25, 0.3) is 11.8 Å². The average molecular weight is 488 g/mol. The number of carbonyl (C=O) groups excluding carboxylic acids is 3. The maximum absolute atomic E-state index is 13.1. The summed E-state index contributed by atoms with van der Waals surface area (Å²) in [6.07, 6.45) is 7.92. The monoisotopic (exact) mass is 487 g/mol. The van der Waals surface area contributed by atoms with Gasteiger partial charge in [0, 0.05) is 40.4 Å². The van der Waals surface area contributed by atoms with E-state index in [1.54, 1.807) is 73.9 Å². The summed E-state index contributed by atoms with van der Waals surface area (Å²) in [6.45, 7) is 2.09. The quantitative estimate of drug-likeness (QED) is 0.244. The molecule has 1 aromatic heterocycles. The van der Waals surface area contributed by atoms with Gasteiger partial charge in [0.2, 0.25) is 0 Å². The van der Waals surface area contributed by atoms with Gasteiger partial charge in [-0.15, -0.1) is 11.8 Å². The van der Waals surface area contributed by atoms with Crippen molar-refractivity contribution in [3.8, 4) is 0 Å². The molecule has 0 aliphatic carbocycles. The van der Waals surface area contributed by atoms with Gasteiger partial charge in [0.05, 0.1) is 6.61 Å². The van der Waals surface area contributed by atoms with Crippen LogP contribution in [0.2, 0.25) is 0 Å². The van der Waals surface area contributed by atoms with Crippen molar-refractivity contribution in [2.45, 2.75) is 11.8 Å². The summed E-state index contributed by atoms with van der Waals surface area (Å²) in [5, 5.41) is 5.54. The number of ether oxygens (including phenoxy) is 1. The number of esters is 1. The Bertz CT molecular complexity index is 1210. The summed E-state index contributed by atoms with van der Waals surface area (Å²) in [6, 6.07) is 19.5. The number of nitrogens with zero attached hydrogens (tertiary/aromatic N) is 1. The van der Waals surface area contributed by atoms with Gasteiger partial charge in [-0.1, -0.05) is 36.4 Å². The van der Waals surface area contributed by atoms with Crippen LogP contribution < -0.4 is 10.6 Å². The zero-order chi connectivity index (χ0) is 24.9. The third kappa shape index (κ3) is 8.60. The molecule has 0 radical (unpaired) electrons. The Balaban J connectivity index is 1.71. The summed E-state index contributed by atoms with van der Waals surface area (Å²) >= 11 is 1.50. The number of aromatic nitrogens is 1. The minimum absolute atomic E-state index is 0.0854. The summed E-state index contributed by atoms with van der Waals surface area (Å²) in [5.74, 6) is -0.675. The van der Waals surface area contributed by atoms with E-state index < -0.39 is 11.8 Å². The Kier molecular flexibility index (Phi) is 9.83. The first-order valence-corrected chi connectivity index (χ1v) is 11.9. The molecular formula is C27H25N3O4S. The number of anilines is 1. The number of hydrogen-bond acceptors (Lipinski definition) is 6. The molecule has 0 saturated carbocycles. The number of pyridine rings is 1. The van der Waals surface area contributed by atoms with Crippen molar-refractivity contribution in [2.24, 2.45) is 0 Å². The van der Waals surface area contributed by atoms with Crippen LogP contribution in [-0.2, 0) is 14.3 Å². The Morgan fingerprint density at radius 3 is 2.60 bits per heavy atom. The van der Waals surface area contributed by atoms with Gasteiger partial charge >= 0.3 is 5.97 Å². The second-order valence-corrected chi connectivity index (χ2v) is 8.21. The van der Waals surface area contributed by atoms with E-state index in [9.17, 15) is 14.4 Å². The molecule has 3 aromatic rings. The molecule has 0 bridgehead atoms. The van der Waals surface area contributed by atoms with E-state index in [-0.39, 0.29) is 11.7 Å². The fraction of sp³-hybridized carbons (Fsp3) is 0.111. The van der Waals surface area contributed by atoms with Crippen LogP contribution in [0.4, 0.5) is 5.69 Å². The summed E-state index contributed by atoms with van der Waals surface area (Å²) in [4.78, 5) is 42.2. The molecule has 2 aromatic carbocycles. The number of carbonyl (C=O) groups is 3. The topological polar surface area (TPSA) is 97.4 Å². The molecule has 2 amide bonds. The number of amides is 2. The lowest BCUT2D eigenvalue weighted by molar-refractivity contribution is -0.137. The van der Waals surface area contributed by atoms with Gasteiger partial charge in [0.1, 0.15) is 5.70 Å². The molecule has 35 heavy (non-hydrogen) atoms. The predicted octanol–water partition coefficient (Wildman–Crippen LogP) is 4.70. The number of thioether (sulfide) groups is 1. The summed E-state index contributed by atoms with van der Waals surface area (Å²) in [5.41, 5.74) is 1.76. The molecule has 2 N–H and O–H groups in total. The van der Waals surface area contributed by atoms with Crippen molar-refractivity contribution in [3.05, 3.63) is 108 Å². The van der Waals surface area contributed by atoms with Gasteiger partial charge in [-0.2, -0.15) is 0 Å². The van der Waals surface area contributed by atoms with E-state index in [2.05, 4.69) is 15.6 Å². The van der Waals surface area contributed by atoms with E-state index in [1.165, 1.54) is 17.8 Å². The van der Waals surface area contributed by atoms with Crippen LogP contribution in [-0.4, -0.2) is 35.1 Å². The Morgan fingerprint density at radius 2 is 1.86 bits per heavy atom. The number of rotatable bonds is 10. The maximum Gasteiger partial charge on any atom is 0.330 e. The average Bonchev–Trinajstić information content (AvgIpc) is 2.88. The zero-order valence-electron chi connectivity index (χ0n) is 19.1. The van der Waals surface area contributed by atoms with Crippen LogP contribution in [0.25, 0.3) is 6.08 Å². The molecule has 0 atom stereocenters. The van der Waals surface area contributed by atoms with Crippen LogP contribution in [0, 0.1) is 0 Å². The third-order valence-electron chi connectivity index (χ3n) is 4.50. The highest BCUT2D eigenvalue weighted by Crippen LogP contribution is 2.22. The van der Waals surface area contributed by atoms with Crippen LogP contribution in [0.5, 0.6) is 0 Å². The first-order valence-electron chi connectivity index (χ1n) is 10.9. The second-order valence-electron chi connectivity index (χ2n) is 7.11. The highest BCUT2D eigenvalue weighted by atomic mass is 32.2. The molecular weight excluding hydrogens is 462 g/mol. The molecule has 8 heteroatoms. The Morgan fingerprint density at radius 1 is 1.03 bits per heavy atom. The van der Waals surface area contributed by atoms with Crippen molar-refractivity contribution in [3.63, 3.8) is 0 Å². The highest BCUT2D eigenvalue weighted by molar-refractivity contribution is 7.99. The van der Waals surface area contributed by atoms with Gasteiger partial charge in [-0.3, -0.25) is 14.6 Å². The lowest BCUT2D eigenvalue weighted by Crippen LogP contribution is -2.30. The lowest BCUT2D eigenvalue weighted by atomic mass is 10.2. The fourth-order valence-electron chi connectivity index (χ4n) is 2.91. The zero-order valence-corrected chi connectivity index (χ0v) is 20.0. The lowest BCUT2D eigenvalue weighted by Gasteiger charge is -2.12.